The van der Waals surface area contributed by atoms with E-state index in [9.17, 15) is 17.6 Å². The maximum atomic E-state index is 12.8. The molecule has 1 N–H and O–H groups in total. The summed E-state index contributed by atoms with van der Waals surface area (Å²) in [5.41, 5.74) is 1.27. The number of carbonyl (C=O) groups is 1. The summed E-state index contributed by atoms with van der Waals surface area (Å²) in [6, 6.07) is 10.9. The molecule has 0 aliphatic carbocycles. The van der Waals surface area contributed by atoms with Crippen molar-refractivity contribution in [3.63, 3.8) is 0 Å². The first-order valence-corrected chi connectivity index (χ1v) is 9.05. The first kappa shape index (κ1) is 18.0. The molecular weight excluding hydrogens is 333 g/mol. The summed E-state index contributed by atoms with van der Waals surface area (Å²) in [6.07, 6.45) is 2.60. The van der Waals surface area contributed by atoms with Crippen molar-refractivity contribution in [2.75, 3.05) is 12.8 Å². The molecule has 128 valence electrons. The van der Waals surface area contributed by atoms with E-state index in [2.05, 4.69) is 10.3 Å². The summed E-state index contributed by atoms with van der Waals surface area (Å²) in [5.74, 6) is -0.802. The van der Waals surface area contributed by atoms with Crippen molar-refractivity contribution in [3.8, 4) is 0 Å². The third kappa shape index (κ3) is 5.71. The van der Waals surface area contributed by atoms with Gasteiger partial charge in [-0.15, -0.1) is 0 Å². The number of halogens is 1. The van der Waals surface area contributed by atoms with Gasteiger partial charge >= 0.3 is 0 Å². The van der Waals surface area contributed by atoms with Crippen LogP contribution in [0.3, 0.4) is 0 Å². The van der Waals surface area contributed by atoms with Gasteiger partial charge in [0.1, 0.15) is 5.82 Å². The molecule has 0 aliphatic rings. The molecule has 6 nitrogen and oxygen atoms in total. The molecule has 1 amide bonds. The van der Waals surface area contributed by atoms with Gasteiger partial charge in [0.05, 0.1) is 25.0 Å². The molecule has 2 aromatic rings. The lowest BCUT2D eigenvalue weighted by atomic mass is 10.2. The smallest absolute Gasteiger partial charge is 0.235 e. The lowest BCUT2D eigenvalue weighted by Crippen LogP contribution is -2.39. The fourth-order valence-electron chi connectivity index (χ4n) is 1.98. The number of nitrogens with zero attached hydrogens (tertiary/aromatic N) is 2. The quantitative estimate of drug-likeness (QED) is 0.815. The maximum Gasteiger partial charge on any atom is 0.235 e. The van der Waals surface area contributed by atoms with Gasteiger partial charge in [0.25, 0.3) is 0 Å². The first-order chi connectivity index (χ1) is 11.3. The predicted octanol–water partition coefficient (Wildman–Crippen LogP) is 1.30. The fraction of sp³-hybridized carbons (Fsp3) is 0.250. The van der Waals surface area contributed by atoms with Crippen molar-refractivity contribution in [2.45, 2.75) is 13.1 Å². The van der Waals surface area contributed by atoms with E-state index in [0.29, 0.717) is 5.69 Å². The van der Waals surface area contributed by atoms with Crippen LogP contribution in [0.15, 0.2) is 48.7 Å². The lowest BCUT2D eigenvalue weighted by Gasteiger charge is -2.19. The molecule has 0 spiro atoms. The van der Waals surface area contributed by atoms with Crippen molar-refractivity contribution in [1.29, 1.82) is 0 Å². The van der Waals surface area contributed by atoms with Crippen LogP contribution in [0.1, 0.15) is 11.3 Å². The molecule has 0 saturated carbocycles. The van der Waals surface area contributed by atoms with Gasteiger partial charge in [-0.3, -0.25) is 9.78 Å². The second-order valence-corrected chi connectivity index (χ2v) is 7.24. The Morgan fingerprint density at radius 1 is 1.21 bits per heavy atom. The van der Waals surface area contributed by atoms with Crippen LogP contribution < -0.4 is 5.32 Å². The maximum absolute atomic E-state index is 12.8. The SMILES string of the molecule is CS(=O)(=O)N(CC(=O)NCc1ccc(F)cc1)Cc1ccccn1. The Morgan fingerprint density at radius 2 is 1.92 bits per heavy atom. The van der Waals surface area contributed by atoms with E-state index >= 15 is 0 Å². The molecule has 0 fully saturated rings. The van der Waals surface area contributed by atoms with Gasteiger partial charge in [0, 0.05) is 12.7 Å². The summed E-state index contributed by atoms with van der Waals surface area (Å²) >= 11 is 0. The van der Waals surface area contributed by atoms with Crippen molar-refractivity contribution in [1.82, 2.24) is 14.6 Å². The Kier molecular flexibility index (Phi) is 5.99. The number of benzene rings is 1. The highest BCUT2D eigenvalue weighted by atomic mass is 32.2. The topological polar surface area (TPSA) is 79.4 Å². The van der Waals surface area contributed by atoms with Gasteiger partial charge < -0.3 is 5.32 Å². The van der Waals surface area contributed by atoms with Gasteiger partial charge in [-0.05, 0) is 29.8 Å². The van der Waals surface area contributed by atoms with E-state index in [-0.39, 0.29) is 25.5 Å². The van der Waals surface area contributed by atoms with E-state index in [4.69, 9.17) is 0 Å². The van der Waals surface area contributed by atoms with Gasteiger partial charge in [0.2, 0.25) is 15.9 Å². The Balaban J connectivity index is 1.96. The molecule has 0 unspecified atom stereocenters. The van der Waals surface area contributed by atoms with Crippen LogP contribution in [0.2, 0.25) is 0 Å². The molecular formula is C16H18FN3O3S. The number of carbonyl (C=O) groups excluding carboxylic acids is 1. The van der Waals surface area contributed by atoms with Crippen LogP contribution in [0.5, 0.6) is 0 Å². The van der Waals surface area contributed by atoms with Crippen LogP contribution in [-0.4, -0.2) is 36.4 Å². The Labute approximate surface area is 140 Å². The van der Waals surface area contributed by atoms with Gasteiger partial charge in [-0.25, -0.2) is 12.8 Å². The summed E-state index contributed by atoms with van der Waals surface area (Å²) in [5, 5.41) is 2.62. The van der Waals surface area contributed by atoms with E-state index in [1.165, 1.54) is 12.1 Å². The van der Waals surface area contributed by atoms with Crippen molar-refractivity contribution in [2.24, 2.45) is 0 Å². The zero-order chi connectivity index (χ0) is 17.6. The highest BCUT2D eigenvalue weighted by Gasteiger charge is 2.20. The zero-order valence-corrected chi connectivity index (χ0v) is 14.0. The van der Waals surface area contributed by atoms with Crippen molar-refractivity contribution < 1.29 is 17.6 Å². The summed E-state index contributed by atoms with van der Waals surface area (Å²) < 4.78 is 37.6. The molecule has 0 radical (unpaired) electrons. The summed E-state index contributed by atoms with van der Waals surface area (Å²) in [6.45, 7) is -0.0967. The number of amides is 1. The van der Waals surface area contributed by atoms with Gasteiger partial charge in [-0.1, -0.05) is 18.2 Å². The Hall–Kier alpha value is -2.32. The van der Waals surface area contributed by atoms with E-state index in [1.54, 1.807) is 36.5 Å². The fourth-order valence-corrected chi connectivity index (χ4v) is 2.70. The zero-order valence-electron chi connectivity index (χ0n) is 13.1. The highest BCUT2D eigenvalue weighted by molar-refractivity contribution is 7.88. The average molecular weight is 351 g/mol. The first-order valence-electron chi connectivity index (χ1n) is 7.21. The molecule has 2 rings (SSSR count). The van der Waals surface area contributed by atoms with Crippen LogP contribution >= 0.6 is 0 Å². The predicted molar refractivity (Wildman–Crippen MR) is 87.7 cm³/mol. The minimum atomic E-state index is -3.56. The number of hydrogen-bond donors (Lipinski definition) is 1. The number of sulfonamides is 1. The molecule has 1 aromatic heterocycles. The molecule has 0 atom stereocenters. The van der Waals surface area contributed by atoms with Crippen LogP contribution in [0.25, 0.3) is 0 Å². The van der Waals surface area contributed by atoms with Gasteiger partial charge in [0.15, 0.2) is 0 Å². The van der Waals surface area contributed by atoms with Crippen LogP contribution in [0, 0.1) is 5.82 Å². The number of nitrogens with one attached hydrogen (secondary N) is 1. The summed E-state index contributed by atoms with van der Waals surface area (Å²) in [7, 11) is -3.56. The van der Waals surface area contributed by atoms with E-state index in [0.717, 1.165) is 16.1 Å². The Morgan fingerprint density at radius 3 is 2.50 bits per heavy atom. The number of aromatic nitrogens is 1. The molecule has 0 bridgehead atoms. The minimum absolute atomic E-state index is 0.0175. The number of hydrogen-bond acceptors (Lipinski definition) is 4. The second-order valence-electron chi connectivity index (χ2n) is 5.26. The molecule has 24 heavy (non-hydrogen) atoms. The molecule has 1 heterocycles. The third-order valence-electron chi connectivity index (χ3n) is 3.26. The van der Waals surface area contributed by atoms with Gasteiger partial charge in [-0.2, -0.15) is 4.31 Å². The average Bonchev–Trinajstić information content (AvgIpc) is 2.54. The molecule has 1 aromatic carbocycles. The lowest BCUT2D eigenvalue weighted by molar-refractivity contribution is -0.121. The largest absolute Gasteiger partial charge is 0.351 e. The molecule has 0 saturated heterocycles. The van der Waals surface area contributed by atoms with Crippen LogP contribution in [0.4, 0.5) is 4.39 Å². The second kappa shape index (κ2) is 7.98. The number of rotatable bonds is 7. The van der Waals surface area contributed by atoms with Crippen LogP contribution in [-0.2, 0) is 27.9 Å². The van der Waals surface area contributed by atoms with Crippen molar-refractivity contribution in [3.05, 3.63) is 65.7 Å². The standard InChI is InChI=1S/C16H18FN3O3S/c1-24(22,23)20(11-15-4-2-3-9-18-15)12-16(21)19-10-13-5-7-14(17)8-6-13/h2-9H,10-12H2,1H3,(H,19,21). The van der Waals surface area contributed by atoms with Crippen molar-refractivity contribution >= 4 is 15.9 Å². The molecule has 8 heteroatoms. The normalized spacial score (nSPS) is 11.5. The third-order valence-corrected chi connectivity index (χ3v) is 4.45. The minimum Gasteiger partial charge on any atom is -0.351 e. The highest BCUT2D eigenvalue weighted by Crippen LogP contribution is 2.06. The van der Waals surface area contributed by atoms with E-state index in [1.807, 2.05) is 0 Å². The molecule has 0 aliphatic heterocycles. The number of pyridine rings is 1. The van der Waals surface area contributed by atoms with E-state index < -0.39 is 15.9 Å². The summed E-state index contributed by atoms with van der Waals surface area (Å²) in [4.78, 5) is 16.1. The monoisotopic (exact) mass is 351 g/mol. The Bertz CT molecular complexity index is 780.